The molecule has 2 N–H and O–H groups in total. The molecule has 0 atom stereocenters. The third-order valence-electron chi connectivity index (χ3n) is 2.48. The molecule has 2 rings (SSSR count). The summed E-state index contributed by atoms with van der Waals surface area (Å²) in [6.45, 7) is 0.104. The first-order chi connectivity index (χ1) is 8.59. The minimum Gasteiger partial charge on any atom is -0.393 e. The van der Waals surface area contributed by atoms with Crippen molar-refractivity contribution in [2.45, 2.75) is 6.54 Å². The van der Waals surface area contributed by atoms with Crippen molar-refractivity contribution < 1.29 is 4.92 Å². The lowest BCUT2D eigenvalue weighted by molar-refractivity contribution is -0.383. The second-order valence-corrected chi connectivity index (χ2v) is 3.63. The highest BCUT2D eigenvalue weighted by Gasteiger charge is 2.14. The number of nitrogens with two attached hydrogens (primary N) is 1. The molecule has 0 spiro atoms. The summed E-state index contributed by atoms with van der Waals surface area (Å²) < 4.78 is 1.19. The number of nitro benzene ring substituents is 1. The normalized spacial score (nSPS) is 10.2. The van der Waals surface area contributed by atoms with Gasteiger partial charge in [-0.2, -0.15) is 5.10 Å². The number of anilines is 1. The van der Waals surface area contributed by atoms with E-state index in [1.165, 1.54) is 35.1 Å². The van der Waals surface area contributed by atoms with Crippen LogP contribution in [0.25, 0.3) is 0 Å². The topological polar surface area (TPSA) is 104 Å². The van der Waals surface area contributed by atoms with Crippen molar-refractivity contribution in [1.29, 1.82) is 0 Å². The third-order valence-corrected chi connectivity index (χ3v) is 2.48. The Kier molecular flexibility index (Phi) is 3.05. The lowest BCUT2D eigenvalue weighted by Gasteiger charge is -2.07. The van der Waals surface area contributed by atoms with Crippen LogP contribution in [0.5, 0.6) is 0 Å². The van der Waals surface area contributed by atoms with Crippen LogP contribution in [-0.4, -0.2) is 14.7 Å². The van der Waals surface area contributed by atoms with Crippen LogP contribution in [0.4, 0.5) is 11.4 Å². The number of nitro groups is 1. The molecule has 0 aliphatic heterocycles. The summed E-state index contributed by atoms with van der Waals surface area (Å²) in [5.74, 6) is 0. The summed E-state index contributed by atoms with van der Waals surface area (Å²) >= 11 is 0. The van der Waals surface area contributed by atoms with E-state index in [2.05, 4.69) is 5.10 Å². The maximum atomic E-state index is 11.5. The highest BCUT2D eigenvalue weighted by Crippen LogP contribution is 2.24. The summed E-state index contributed by atoms with van der Waals surface area (Å²) in [5, 5.41) is 14.6. The van der Waals surface area contributed by atoms with Gasteiger partial charge in [0.2, 0.25) is 0 Å². The molecule has 0 bridgehead atoms. The van der Waals surface area contributed by atoms with Crippen LogP contribution in [0, 0.1) is 10.1 Å². The summed E-state index contributed by atoms with van der Waals surface area (Å²) in [7, 11) is 0. The van der Waals surface area contributed by atoms with Gasteiger partial charge in [0.25, 0.3) is 11.2 Å². The minimum atomic E-state index is -0.556. The first-order valence-electron chi connectivity index (χ1n) is 5.13. The Labute approximate surface area is 102 Å². The molecule has 7 heteroatoms. The molecule has 2 aromatic rings. The molecule has 0 aliphatic rings. The van der Waals surface area contributed by atoms with E-state index in [4.69, 9.17) is 5.73 Å². The van der Waals surface area contributed by atoms with Crippen LogP contribution in [0.1, 0.15) is 5.56 Å². The summed E-state index contributed by atoms with van der Waals surface area (Å²) in [6, 6.07) is 7.36. The maximum absolute atomic E-state index is 11.5. The molecule has 7 nitrogen and oxygen atoms in total. The lowest BCUT2D eigenvalue weighted by atomic mass is 10.1. The van der Waals surface area contributed by atoms with E-state index in [0.717, 1.165) is 0 Å². The van der Waals surface area contributed by atoms with Crippen LogP contribution < -0.4 is 11.3 Å². The average molecular weight is 246 g/mol. The molecule has 92 valence electrons. The Balaban J connectivity index is 2.42. The number of nitrogens with zero attached hydrogens (tertiary/aromatic N) is 3. The molecule has 0 aliphatic carbocycles. The molecule has 0 amide bonds. The van der Waals surface area contributed by atoms with E-state index in [1.54, 1.807) is 6.07 Å². The number of nitrogen functional groups attached to an aromatic ring is 1. The molecule has 1 aromatic carbocycles. The highest BCUT2D eigenvalue weighted by atomic mass is 16.6. The van der Waals surface area contributed by atoms with Crippen molar-refractivity contribution >= 4 is 11.4 Å². The standard InChI is InChI=1S/C11H10N4O3/c12-11-8(3-1-4-9(11)15(17)18)7-14-10(16)5-2-6-13-14/h1-6H,7,12H2. The number of benzene rings is 1. The average Bonchev–Trinajstić information content (AvgIpc) is 2.34. The van der Waals surface area contributed by atoms with E-state index in [-0.39, 0.29) is 23.5 Å². The van der Waals surface area contributed by atoms with Crippen molar-refractivity contribution in [1.82, 2.24) is 9.78 Å². The van der Waals surface area contributed by atoms with Crippen molar-refractivity contribution in [3.8, 4) is 0 Å². The quantitative estimate of drug-likeness (QED) is 0.489. The highest BCUT2D eigenvalue weighted by molar-refractivity contribution is 5.62. The van der Waals surface area contributed by atoms with Crippen LogP contribution >= 0.6 is 0 Å². The van der Waals surface area contributed by atoms with Gasteiger partial charge in [0.1, 0.15) is 5.69 Å². The fraction of sp³-hybridized carbons (Fsp3) is 0.0909. The van der Waals surface area contributed by atoms with Crippen molar-refractivity contribution in [2.24, 2.45) is 0 Å². The molecule has 0 radical (unpaired) electrons. The van der Waals surface area contributed by atoms with Gasteiger partial charge >= 0.3 is 0 Å². The van der Waals surface area contributed by atoms with E-state index in [1.807, 2.05) is 0 Å². The van der Waals surface area contributed by atoms with Gasteiger partial charge in [-0.25, -0.2) is 4.68 Å². The molecule has 0 saturated heterocycles. The van der Waals surface area contributed by atoms with Crippen LogP contribution in [-0.2, 0) is 6.54 Å². The van der Waals surface area contributed by atoms with Crippen molar-refractivity contribution in [3.05, 3.63) is 62.6 Å². The van der Waals surface area contributed by atoms with Crippen LogP contribution in [0.3, 0.4) is 0 Å². The maximum Gasteiger partial charge on any atom is 0.292 e. The first-order valence-corrected chi connectivity index (χ1v) is 5.13. The van der Waals surface area contributed by atoms with Gasteiger partial charge in [0.15, 0.2) is 0 Å². The fourth-order valence-corrected chi connectivity index (χ4v) is 1.56. The summed E-state index contributed by atoms with van der Waals surface area (Å²) in [5.41, 5.74) is 5.79. The minimum absolute atomic E-state index is 0.0556. The molecule has 18 heavy (non-hydrogen) atoms. The monoisotopic (exact) mass is 246 g/mol. The predicted molar refractivity (Wildman–Crippen MR) is 65.1 cm³/mol. The van der Waals surface area contributed by atoms with Gasteiger partial charge in [0.05, 0.1) is 11.5 Å². The van der Waals surface area contributed by atoms with Crippen molar-refractivity contribution in [3.63, 3.8) is 0 Å². The number of hydrogen-bond acceptors (Lipinski definition) is 5. The van der Waals surface area contributed by atoms with Gasteiger partial charge < -0.3 is 5.73 Å². The Bertz CT molecular complexity index is 651. The lowest BCUT2D eigenvalue weighted by Crippen LogP contribution is -2.22. The van der Waals surface area contributed by atoms with Crippen LogP contribution in [0.2, 0.25) is 0 Å². The summed E-state index contributed by atoms with van der Waals surface area (Å²) in [4.78, 5) is 21.7. The van der Waals surface area contributed by atoms with Crippen molar-refractivity contribution in [2.75, 3.05) is 5.73 Å². The summed E-state index contributed by atoms with van der Waals surface area (Å²) in [6.07, 6.45) is 1.47. The molecule has 0 unspecified atom stereocenters. The van der Waals surface area contributed by atoms with E-state index >= 15 is 0 Å². The van der Waals surface area contributed by atoms with Gasteiger partial charge in [-0.1, -0.05) is 12.1 Å². The number of hydrogen-bond donors (Lipinski definition) is 1. The first kappa shape index (κ1) is 11.8. The molecular formula is C11H10N4O3. The van der Waals surface area contributed by atoms with E-state index in [0.29, 0.717) is 5.56 Å². The number of para-hydroxylation sites is 1. The molecule has 1 aromatic heterocycles. The molecule has 1 heterocycles. The van der Waals surface area contributed by atoms with Gasteiger partial charge in [-0.05, 0) is 6.07 Å². The predicted octanol–water partition coefficient (Wildman–Crippen LogP) is 0.782. The second kappa shape index (κ2) is 4.66. The molecule has 0 saturated carbocycles. The zero-order valence-electron chi connectivity index (χ0n) is 9.31. The zero-order chi connectivity index (χ0) is 13.1. The zero-order valence-corrected chi connectivity index (χ0v) is 9.31. The number of rotatable bonds is 3. The van der Waals surface area contributed by atoms with E-state index in [9.17, 15) is 14.9 Å². The molecular weight excluding hydrogens is 236 g/mol. The van der Waals surface area contributed by atoms with Crippen LogP contribution in [0.15, 0.2) is 41.3 Å². The Morgan fingerprint density at radius 3 is 2.78 bits per heavy atom. The van der Waals surface area contributed by atoms with E-state index < -0.39 is 4.92 Å². The Morgan fingerprint density at radius 2 is 2.11 bits per heavy atom. The van der Waals surface area contributed by atoms with Gasteiger partial charge in [0, 0.05) is 23.9 Å². The van der Waals surface area contributed by atoms with Gasteiger partial charge in [-0.15, -0.1) is 0 Å². The molecule has 0 fully saturated rings. The largest absolute Gasteiger partial charge is 0.393 e. The fourth-order valence-electron chi connectivity index (χ4n) is 1.56. The SMILES string of the molecule is Nc1c(Cn2ncccc2=O)cccc1[N+](=O)[O-]. The third kappa shape index (κ3) is 2.19. The van der Waals surface area contributed by atoms with Gasteiger partial charge in [-0.3, -0.25) is 14.9 Å². The smallest absolute Gasteiger partial charge is 0.292 e. The Morgan fingerprint density at radius 1 is 1.33 bits per heavy atom. The Hall–Kier alpha value is -2.70. The second-order valence-electron chi connectivity index (χ2n) is 3.63. The number of aromatic nitrogens is 2.